The second kappa shape index (κ2) is 3.56. The lowest BCUT2D eigenvalue weighted by Gasteiger charge is -2.21. The normalized spacial score (nSPS) is 26.2. The van der Waals surface area contributed by atoms with Crippen LogP contribution in [0.15, 0.2) is 18.3 Å². The summed E-state index contributed by atoms with van der Waals surface area (Å²) in [5, 5.41) is 12.4. The molecular weight excluding hydrogens is 218 g/mol. The van der Waals surface area contributed by atoms with Crippen molar-refractivity contribution in [3.8, 4) is 0 Å². The summed E-state index contributed by atoms with van der Waals surface area (Å²) in [5.74, 6) is 5.27. The Hall–Kier alpha value is -1.88. The summed E-state index contributed by atoms with van der Waals surface area (Å²) in [6.45, 7) is 0. The van der Waals surface area contributed by atoms with Crippen molar-refractivity contribution in [3.05, 3.63) is 28.9 Å². The first-order valence-corrected chi connectivity index (χ1v) is 5.60. The molecule has 1 aromatic heterocycles. The van der Waals surface area contributed by atoms with Gasteiger partial charge in [-0.25, -0.2) is 10.6 Å². The molecule has 1 fully saturated rings. The van der Waals surface area contributed by atoms with Crippen LogP contribution >= 0.6 is 0 Å². The molecule has 0 amide bonds. The van der Waals surface area contributed by atoms with Gasteiger partial charge >= 0.3 is 5.97 Å². The van der Waals surface area contributed by atoms with Crippen molar-refractivity contribution in [2.45, 2.75) is 18.9 Å². The second-order valence-corrected chi connectivity index (χ2v) is 4.46. The van der Waals surface area contributed by atoms with Crippen molar-refractivity contribution in [3.63, 3.8) is 0 Å². The van der Waals surface area contributed by atoms with Gasteiger partial charge in [0.2, 0.25) is 0 Å². The van der Waals surface area contributed by atoms with Gasteiger partial charge < -0.3 is 5.11 Å². The SMILES string of the molecule is NN1C2=c3cccnc3=CCC2CC1C(=O)O. The number of rotatable bonds is 1. The Kier molecular flexibility index (Phi) is 2.16. The van der Waals surface area contributed by atoms with Crippen LogP contribution in [0.4, 0.5) is 0 Å². The Morgan fingerprint density at radius 1 is 1.59 bits per heavy atom. The molecule has 5 nitrogen and oxygen atoms in total. The van der Waals surface area contributed by atoms with Crippen LogP contribution in [-0.2, 0) is 4.79 Å². The summed E-state index contributed by atoms with van der Waals surface area (Å²) in [6.07, 6.45) is 5.19. The number of carboxylic acid groups (broad SMARTS) is 1. The maximum Gasteiger partial charge on any atom is 0.327 e. The third-order valence-electron chi connectivity index (χ3n) is 3.50. The highest BCUT2D eigenvalue weighted by molar-refractivity contribution is 5.77. The molecule has 0 spiro atoms. The first-order valence-electron chi connectivity index (χ1n) is 5.60. The average Bonchev–Trinajstić information content (AvgIpc) is 2.67. The molecule has 3 N–H and O–H groups in total. The van der Waals surface area contributed by atoms with E-state index in [-0.39, 0.29) is 5.92 Å². The van der Waals surface area contributed by atoms with E-state index in [1.165, 1.54) is 5.01 Å². The lowest BCUT2D eigenvalue weighted by Crippen LogP contribution is -2.44. The van der Waals surface area contributed by atoms with E-state index >= 15 is 0 Å². The first-order chi connectivity index (χ1) is 8.18. The number of hydrazine groups is 1. The van der Waals surface area contributed by atoms with Crippen molar-refractivity contribution >= 4 is 17.7 Å². The number of fused-ring (bicyclic) bond motifs is 2. The highest BCUT2D eigenvalue weighted by atomic mass is 16.4. The Balaban J connectivity index is 2.22. The minimum atomic E-state index is -0.861. The molecule has 1 aliphatic carbocycles. The van der Waals surface area contributed by atoms with Crippen LogP contribution in [0.1, 0.15) is 12.8 Å². The van der Waals surface area contributed by atoms with Gasteiger partial charge in [0.05, 0.1) is 5.35 Å². The number of carboxylic acids is 1. The molecule has 1 aliphatic heterocycles. The van der Waals surface area contributed by atoms with Gasteiger partial charge in [0.1, 0.15) is 6.04 Å². The van der Waals surface area contributed by atoms with Crippen LogP contribution in [0.2, 0.25) is 0 Å². The fourth-order valence-corrected chi connectivity index (χ4v) is 2.71. The standard InChI is InChI=1S/C12H13N3O2/c13-15-10(12(16)17)6-7-3-4-9-8(11(7)15)2-1-5-14-9/h1-2,4-5,7,10H,3,6,13H2,(H,16,17). The summed E-state index contributed by atoms with van der Waals surface area (Å²) in [5.41, 5.74) is 0.919. The molecule has 0 aromatic carbocycles. The molecule has 2 aliphatic rings. The largest absolute Gasteiger partial charge is 0.480 e. The number of nitrogens with two attached hydrogens (primary N) is 1. The lowest BCUT2D eigenvalue weighted by atomic mass is 9.94. The van der Waals surface area contributed by atoms with Gasteiger partial charge in [0.25, 0.3) is 0 Å². The Labute approximate surface area is 97.8 Å². The van der Waals surface area contributed by atoms with Crippen molar-refractivity contribution in [1.29, 1.82) is 0 Å². The first kappa shape index (κ1) is 10.3. The van der Waals surface area contributed by atoms with Crippen LogP contribution in [0.5, 0.6) is 0 Å². The zero-order valence-corrected chi connectivity index (χ0v) is 9.21. The maximum absolute atomic E-state index is 11.1. The highest BCUT2D eigenvalue weighted by Crippen LogP contribution is 2.34. The molecule has 17 heavy (non-hydrogen) atoms. The van der Waals surface area contributed by atoms with E-state index < -0.39 is 12.0 Å². The van der Waals surface area contributed by atoms with Crippen molar-refractivity contribution in [2.24, 2.45) is 11.8 Å². The van der Waals surface area contributed by atoms with E-state index in [0.717, 1.165) is 22.7 Å². The Bertz CT molecular complexity index is 596. The van der Waals surface area contributed by atoms with E-state index in [1.54, 1.807) is 6.20 Å². The summed E-state index contributed by atoms with van der Waals surface area (Å²) in [4.78, 5) is 15.4. The number of hydrogen-bond donors (Lipinski definition) is 2. The fraction of sp³-hybridized carbons (Fsp3) is 0.333. The second-order valence-electron chi connectivity index (χ2n) is 4.46. The summed E-state index contributed by atoms with van der Waals surface area (Å²) in [7, 11) is 0. The molecule has 88 valence electrons. The minimum absolute atomic E-state index is 0.206. The minimum Gasteiger partial charge on any atom is -0.480 e. The maximum atomic E-state index is 11.1. The number of carbonyl (C=O) groups is 1. The van der Waals surface area contributed by atoms with Crippen LogP contribution in [-0.4, -0.2) is 27.1 Å². The van der Waals surface area contributed by atoms with E-state index in [2.05, 4.69) is 11.1 Å². The quantitative estimate of drug-likeness (QED) is 0.607. The smallest absolute Gasteiger partial charge is 0.327 e. The number of aliphatic carboxylic acids is 1. The van der Waals surface area contributed by atoms with Crippen LogP contribution in [0.25, 0.3) is 11.8 Å². The molecule has 0 radical (unpaired) electrons. The van der Waals surface area contributed by atoms with E-state index in [0.29, 0.717) is 6.42 Å². The zero-order valence-electron chi connectivity index (χ0n) is 9.21. The Morgan fingerprint density at radius 2 is 2.41 bits per heavy atom. The van der Waals surface area contributed by atoms with Gasteiger partial charge in [-0.2, -0.15) is 0 Å². The number of pyridine rings is 1. The molecule has 0 bridgehead atoms. The van der Waals surface area contributed by atoms with Gasteiger partial charge in [-0.1, -0.05) is 6.08 Å². The topological polar surface area (TPSA) is 79.5 Å². The zero-order chi connectivity index (χ0) is 12.0. The molecule has 1 saturated heterocycles. The molecule has 0 saturated carbocycles. The highest BCUT2D eigenvalue weighted by Gasteiger charge is 2.39. The molecule has 2 heterocycles. The predicted octanol–water partition coefficient (Wildman–Crippen LogP) is -0.977. The van der Waals surface area contributed by atoms with Gasteiger partial charge in [0.15, 0.2) is 0 Å². The number of aromatic nitrogens is 1. The van der Waals surface area contributed by atoms with E-state index in [1.807, 2.05) is 12.1 Å². The monoisotopic (exact) mass is 231 g/mol. The number of hydrogen-bond acceptors (Lipinski definition) is 4. The van der Waals surface area contributed by atoms with Gasteiger partial charge in [-0.15, -0.1) is 0 Å². The fourth-order valence-electron chi connectivity index (χ4n) is 2.71. The third-order valence-corrected chi connectivity index (χ3v) is 3.50. The third kappa shape index (κ3) is 1.43. The predicted molar refractivity (Wildman–Crippen MR) is 61.5 cm³/mol. The summed E-state index contributed by atoms with van der Waals surface area (Å²) in [6, 6.07) is 3.18. The lowest BCUT2D eigenvalue weighted by molar-refractivity contribution is -0.141. The summed E-state index contributed by atoms with van der Waals surface area (Å²) < 4.78 is 0. The van der Waals surface area contributed by atoms with Gasteiger partial charge in [0, 0.05) is 23.0 Å². The van der Waals surface area contributed by atoms with Crippen molar-refractivity contribution in [1.82, 2.24) is 9.99 Å². The summed E-state index contributed by atoms with van der Waals surface area (Å²) >= 11 is 0. The average molecular weight is 231 g/mol. The van der Waals surface area contributed by atoms with E-state index in [4.69, 9.17) is 10.9 Å². The number of nitrogens with zero attached hydrogens (tertiary/aromatic N) is 2. The van der Waals surface area contributed by atoms with Crippen molar-refractivity contribution in [2.75, 3.05) is 0 Å². The Morgan fingerprint density at radius 3 is 3.18 bits per heavy atom. The van der Waals surface area contributed by atoms with Crippen LogP contribution in [0, 0.1) is 5.92 Å². The molecule has 2 atom stereocenters. The van der Waals surface area contributed by atoms with Crippen molar-refractivity contribution < 1.29 is 9.90 Å². The van der Waals surface area contributed by atoms with Gasteiger partial charge in [-0.3, -0.25) is 9.99 Å². The molecule has 2 unspecified atom stereocenters. The molecular formula is C12H13N3O2. The van der Waals surface area contributed by atoms with E-state index in [9.17, 15) is 4.79 Å². The molecule has 3 rings (SSSR count). The van der Waals surface area contributed by atoms with Gasteiger partial charge in [-0.05, 0) is 25.0 Å². The van der Waals surface area contributed by atoms with Crippen LogP contribution < -0.4 is 16.4 Å². The molecule has 1 aromatic rings. The molecule has 5 heteroatoms. The van der Waals surface area contributed by atoms with Crippen LogP contribution in [0.3, 0.4) is 0 Å².